The van der Waals surface area contributed by atoms with Gasteiger partial charge < -0.3 is 10.3 Å². The van der Waals surface area contributed by atoms with Crippen LogP contribution >= 0.6 is 0 Å². The van der Waals surface area contributed by atoms with Crippen molar-refractivity contribution in [2.45, 2.75) is 26.3 Å². The molecule has 2 N–H and O–H groups in total. The third-order valence-electron chi connectivity index (χ3n) is 2.71. The molecule has 0 bridgehead atoms. The van der Waals surface area contributed by atoms with Gasteiger partial charge >= 0.3 is 0 Å². The van der Waals surface area contributed by atoms with Crippen LogP contribution in [0.5, 0.6) is 0 Å². The number of aromatic nitrogens is 2. The molecule has 0 aliphatic heterocycles. The third kappa shape index (κ3) is 2.08. The molecule has 5 heteroatoms. The predicted octanol–water partition coefficient (Wildman–Crippen LogP) is 3.17. The fraction of sp³-hybridized carbons (Fsp3) is 0.308. The van der Waals surface area contributed by atoms with Gasteiger partial charge in [-0.15, -0.1) is 0 Å². The van der Waals surface area contributed by atoms with Crippen LogP contribution in [0.25, 0.3) is 11.3 Å². The fourth-order valence-corrected chi connectivity index (χ4v) is 1.78. The summed E-state index contributed by atoms with van der Waals surface area (Å²) in [5, 5.41) is 0. The van der Waals surface area contributed by atoms with Gasteiger partial charge in [0.05, 0.1) is 6.33 Å². The molecular weight excluding hydrogens is 236 g/mol. The number of anilines is 1. The van der Waals surface area contributed by atoms with Crippen LogP contribution in [0.15, 0.2) is 24.5 Å². The monoisotopic (exact) mass is 251 g/mol. The van der Waals surface area contributed by atoms with Gasteiger partial charge in [0.25, 0.3) is 0 Å². The van der Waals surface area contributed by atoms with Crippen LogP contribution in [-0.4, -0.2) is 9.55 Å². The van der Waals surface area contributed by atoms with Crippen molar-refractivity contribution in [3.05, 3.63) is 36.2 Å². The van der Waals surface area contributed by atoms with Gasteiger partial charge in [-0.25, -0.2) is 13.8 Å². The predicted molar refractivity (Wildman–Crippen MR) is 67.0 cm³/mol. The molecule has 0 unspecified atom stereocenters. The Bertz CT molecular complexity index is 582. The van der Waals surface area contributed by atoms with Crippen LogP contribution in [0.3, 0.4) is 0 Å². The summed E-state index contributed by atoms with van der Waals surface area (Å²) < 4.78 is 28.6. The summed E-state index contributed by atoms with van der Waals surface area (Å²) >= 11 is 0. The first kappa shape index (κ1) is 12.5. The van der Waals surface area contributed by atoms with Gasteiger partial charge in [0.15, 0.2) is 0 Å². The number of nitrogen functional groups attached to an aromatic ring is 1. The van der Waals surface area contributed by atoms with Crippen LogP contribution in [0, 0.1) is 11.6 Å². The molecule has 3 nitrogen and oxygen atoms in total. The second-order valence-corrected chi connectivity index (χ2v) is 5.14. The van der Waals surface area contributed by atoms with Crippen molar-refractivity contribution < 1.29 is 8.78 Å². The molecule has 0 aliphatic carbocycles. The average Bonchev–Trinajstić information content (AvgIpc) is 2.63. The zero-order valence-electron chi connectivity index (χ0n) is 10.5. The van der Waals surface area contributed by atoms with Gasteiger partial charge in [0.1, 0.15) is 23.1 Å². The average molecular weight is 251 g/mol. The molecule has 2 aromatic rings. The summed E-state index contributed by atoms with van der Waals surface area (Å²) in [6.07, 6.45) is 1.54. The maximum atomic E-state index is 13.7. The highest BCUT2D eigenvalue weighted by atomic mass is 19.1. The summed E-state index contributed by atoms with van der Waals surface area (Å²) in [5.41, 5.74) is 6.03. The lowest BCUT2D eigenvalue weighted by molar-refractivity contribution is 0.402. The lowest BCUT2D eigenvalue weighted by Crippen LogP contribution is -2.22. The molecule has 0 saturated heterocycles. The Morgan fingerprint density at radius 1 is 1.22 bits per heavy atom. The standard InChI is InChI=1S/C13H15F2N3/c1-13(2,3)18-7-17-11(12(18)16)9-6-8(14)4-5-10(9)15/h4-7H,16H2,1-3H3. The number of hydrogen-bond donors (Lipinski definition) is 1. The molecule has 1 heterocycles. The molecule has 1 aromatic carbocycles. The van der Waals surface area contributed by atoms with Crippen molar-refractivity contribution >= 4 is 5.82 Å². The largest absolute Gasteiger partial charge is 0.383 e. The normalized spacial score (nSPS) is 11.8. The summed E-state index contributed by atoms with van der Waals surface area (Å²) in [4.78, 5) is 4.09. The van der Waals surface area contributed by atoms with E-state index in [1.54, 1.807) is 4.57 Å². The Labute approximate surface area is 104 Å². The second kappa shape index (κ2) is 4.08. The first-order chi connectivity index (χ1) is 8.30. The summed E-state index contributed by atoms with van der Waals surface area (Å²) in [7, 11) is 0. The van der Waals surface area contributed by atoms with Crippen LogP contribution in [0.4, 0.5) is 14.6 Å². The van der Waals surface area contributed by atoms with Gasteiger partial charge in [-0.2, -0.15) is 0 Å². The maximum absolute atomic E-state index is 13.7. The minimum Gasteiger partial charge on any atom is -0.383 e. The first-order valence-electron chi connectivity index (χ1n) is 5.59. The quantitative estimate of drug-likeness (QED) is 0.846. The first-order valence-corrected chi connectivity index (χ1v) is 5.59. The maximum Gasteiger partial charge on any atom is 0.132 e. The van der Waals surface area contributed by atoms with Crippen molar-refractivity contribution in [3.63, 3.8) is 0 Å². The molecule has 0 amide bonds. The second-order valence-electron chi connectivity index (χ2n) is 5.14. The van der Waals surface area contributed by atoms with E-state index in [0.29, 0.717) is 5.82 Å². The molecule has 0 spiro atoms. The van der Waals surface area contributed by atoms with Crippen LogP contribution in [0.1, 0.15) is 20.8 Å². The molecule has 1 aromatic heterocycles. The third-order valence-corrected chi connectivity index (χ3v) is 2.71. The fourth-order valence-electron chi connectivity index (χ4n) is 1.78. The van der Waals surface area contributed by atoms with E-state index >= 15 is 0 Å². The molecule has 96 valence electrons. The number of benzene rings is 1. The van der Waals surface area contributed by atoms with Gasteiger partial charge in [0, 0.05) is 11.1 Å². The Hall–Kier alpha value is -1.91. The smallest absolute Gasteiger partial charge is 0.132 e. The molecular formula is C13H15F2N3. The SMILES string of the molecule is CC(C)(C)n1cnc(-c2cc(F)ccc2F)c1N. The lowest BCUT2D eigenvalue weighted by atomic mass is 10.1. The van der Waals surface area contributed by atoms with E-state index in [4.69, 9.17) is 5.73 Å². The summed E-state index contributed by atoms with van der Waals surface area (Å²) in [6.45, 7) is 5.87. The zero-order chi connectivity index (χ0) is 13.5. The minimum atomic E-state index is -0.540. The molecule has 18 heavy (non-hydrogen) atoms. The van der Waals surface area contributed by atoms with E-state index in [1.165, 1.54) is 6.33 Å². The van der Waals surface area contributed by atoms with E-state index < -0.39 is 11.6 Å². The lowest BCUT2D eigenvalue weighted by Gasteiger charge is -2.22. The van der Waals surface area contributed by atoms with Crippen molar-refractivity contribution in [1.82, 2.24) is 9.55 Å². The van der Waals surface area contributed by atoms with Crippen molar-refractivity contribution in [2.24, 2.45) is 0 Å². The van der Waals surface area contributed by atoms with Crippen molar-refractivity contribution in [2.75, 3.05) is 5.73 Å². The molecule has 0 radical (unpaired) electrons. The topological polar surface area (TPSA) is 43.8 Å². The number of nitrogens with zero attached hydrogens (tertiary/aromatic N) is 2. The Kier molecular flexibility index (Phi) is 2.84. The van der Waals surface area contributed by atoms with E-state index in [2.05, 4.69) is 4.98 Å². The molecule has 0 saturated carbocycles. The summed E-state index contributed by atoms with van der Waals surface area (Å²) in [5.74, 6) is -0.731. The van der Waals surface area contributed by atoms with E-state index in [-0.39, 0.29) is 16.8 Å². The van der Waals surface area contributed by atoms with Gasteiger partial charge in [0.2, 0.25) is 0 Å². The van der Waals surface area contributed by atoms with Gasteiger partial charge in [-0.3, -0.25) is 0 Å². The van der Waals surface area contributed by atoms with Gasteiger partial charge in [-0.05, 0) is 39.0 Å². The minimum absolute atomic E-state index is 0.0792. The number of rotatable bonds is 1. The van der Waals surface area contributed by atoms with Gasteiger partial charge in [-0.1, -0.05) is 0 Å². The Morgan fingerprint density at radius 2 is 1.89 bits per heavy atom. The zero-order valence-corrected chi connectivity index (χ0v) is 10.5. The van der Waals surface area contributed by atoms with Crippen molar-refractivity contribution in [3.8, 4) is 11.3 Å². The Morgan fingerprint density at radius 3 is 2.44 bits per heavy atom. The molecule has 0 fully saturated rings. The van der Waals surface area contributed by atoms with Crippen LogP contribution < -0.4 is 5.73 Å². The number of halogens is 2. The summed E-state index contributed by atoms with van der Waals surface area (Å²) in [6, 6.07) is 3.23. The highest BCUT2D eigenvalue weighted by Crippen LogP contribution is 2.30. The number of nitrogens with two attached hydrogens (primary N) is 1. The van der Waals surface area contributed by atoms with E-state index in [9.17, 15) is 8.78 Å². The Balaban J connectivity index is 2.59. The highest BCUT2D eigenvalue weighted by Gasteiger charge is 2.21. The van der Waals surface area contributed by atoms with Crippen LogP contribution in [0.2, 0.25) is 0 Å². The van der Waals surface area contributed by atoms with E-state index in [1.807, 2.05) is 20.8 Å². The molecule has 0 aliphatic rings. The van der Waals surface area contributed by atoms with Crippen LogP contribution in [-0.2, 0) is 5.54 Å². The number of hydrogen-bond acceptors (Lipinski definition) is 2. The highest BCUT2D eigenvalue weighted by molar-refractivity contribution is 5.71. The van der Waals surface area contributed by atoms with E-state index in [0.717, 1.165) is 18.2 Å². The number of imidazole rings is 1. The van der Waals surface area contributed by atoms with Crippen molar-refractivity contribution in [1.29, 1.82) is 0 Å². The molecule has 2 rings (SSSR count). The molecule has 0 atom stereocenters.